The highest BCUT2D eigenvalue weighted by molar-refractivity contribution is 7.89. The summed E-state index contributed by atoms with van der Waals surface area (Å²) in [5.74, 6) is 0.845. The number of nitrogens with zero attached hydrogens (tertiary/aromatic N) is 3. The Morgan fingerprint density at radius 2 is 1.91 bits per heavy atom. The molecule has 0 bridgehead atoms. The van der Waals surface area contributed by atoms with E-state index in [2.05, 4.69) is 30.7 Å². The SMILES string of the molecule is CC(C)(C)c1cc(-c2ccc[nH]c2=O)c2ncc(N3CCC(CS(N)(=O)=O)CC3)nc2c1. The van der Waals surface area contributed by atoms with E-state index < -0.39 is 10.0 Å². The standard InChI is InChI=1S/C23H29N5O3S/c1-23(2,3)16-11-18(17-5-4-8-25-22(17)29)21-19(12-16)27-20(13-26-21)28-9-6-15(7-10-28)14-32(24,30)31/h4-5,8,11-13,15H,6-7,9-10,14H2,1-3H3,(H,25,29)(H2,24,30,31). The van der Waals surface area contributed by atoms with Gasteiger partial charge in [-0.05, 0) is 54.0 Å². The van der Waals surface area contributed by atoms with Crippen molar-refractivity contribution in [2.24, 2.45) is 11.1 Å². The zero-order chi connectivity index (χ0) is 23.1. The van der Waals surface area contributed by atoms with Gasteiger partial charge in [0.25, 0.3) is 5.56 Å². The number of piperidine rings is 1. The maximum absolute atomic E-state index is 12.5. The monoisotopic (exact) mass is 455 g/mol. The third-order valence-electron chi connectivity index (χ3n) is 6.01. The van der Waals surface area contributed by atoms with E-state index in [1.807, 2.05) is 12.1 Å². The largest absolute Gasteiger partial charge is 0.355 e. The summed E-state index contributed by atoms with van der Waals surface area (Å²) in [5.41, 5.74) is 3.52. The van der Waals surface area contributed by atoms with E-state index in [1.165, 1.54) is 0 Å². The summed E-state index contributed by atoms with van der Waals surface area (Å²) in [5, 5.41) is 5.21. The molecule has 1 aliphatic rings. The average Bonchev–Trinajstić information content (AvgIpc) is 2.72. The number of sulfonamides is 1. The van der Waals surface area contributed by atoms with Crippen LogP contribution in [0.25, 0.3) is 22.2 Å². The number of hydrogen-bond donors (Lipinski definition) is 2. The maximum Gasteiger partial charge on any atom is 0.255 e. The van der Waals surface area contributed by atoms with Crippen LogP contribution in [0.15, 0.2) is 41.5 Å². The highest BCUT2D eigenvalue weighted by atomic mass is 32.2. The lowest BCUT2D eigenvalue weighted by Gasteiger charge is -2.32. The minimum atomic E-state index is -3.46. The molecule has 1 saturated heterocycles. The first kappa shape index (κ1) is 22.4. The zero-order valence-electron chi connectivity index (χ0n) is 18.6. The molecule has 1 fully saturated rings. The molecule has 9 heteroatoms. The van der Waals surface area contributed by atoms with Gasteiger partial charge in [-0.15, -0.1) is 0 Å². The Labute approximate surface area is 187 Å². The predicted octanol–water partition coefficient (Wildman–Crippen LogP) is 2.79. The number of anilines is 1. The number of pyridine rings is 1. The number of fused-ring (bicyclic) bond motifs is 1. The van der Waals surface area contributed by atoms with E-state index in [1.54, 1.807) is 24.5 Å². The van der Waals surface area contributed by atoms with Gasteiger partial charge in [0.05, 0.1) is 23.0 Å². The molecule has 4 rings (SSSR count). The van der Waals surface area contributed by atoms with Gasteiger partial charge in [-0.3, -0.25) is 9.78 Å². The topological polar surface area (TPSA) is 122 Å². The second kappa shape index (κ2) is 8.29. The first-order valence-electron chi connectivity index (χ1n) is 10.8. The van der Waals surface area contributed by atoms with E-state index in [0.717, 1.165) is 35.3 Å². The molecule has 0 radical (unpaired) electrons. The fourth-order valence-corrected chi connectivity index (χ4v) is 5.19. The second-order valence-electron chi connectivity index (χ2n) is 9.54. The molecular formula is C23H29N5O3S. The van der Waals surface area contributed by atoms with Gasteiger partial charge in [0, 0.05) is 30.4 Å². The van der Waals surface area contributed by atoms with Gasteiger partial charge in [0.2, 0.25) is 10.0 Å². The summed E-state index contributed by atoms with van der Waals surface area (Å²) in [6, 6.07) is 7.67. The number of aromatic nitrogens is 3. The Morgan fingerprint density at radius 3 is 2.53 bits per heavy atom. The fourth-order valence-electron chi connectivity index (χ4n) is 4.20. The molecule has 0 unspecified atom stereocenters. The third kappa shape index (κ3) is 4.83. The molecule has 3 heterocycles. The van der Waals surface area contributed by atoms with Crippen molar-refractivity contribution < 1.29 is 8.42 Å². The zero-order valence-corrected chi connectivity index (χ0v) is 19.4. The minimum absolute atomic E-state index is 0.0220. The van der Waals surface area contributed by atoms with Crippen molar-refractivity contribution in [2.75, 3.05) is 23.7 Å². The highest BCUT2D eigenvalue weighted by Crippen LogP contribution is 2.33. The van der Waals surface area contributed by atoms with Crippen LogP contribution in [-0.4, -0.2) is 42.2 Å². The lowest BCUT2D eigenvalue weighted by molar-refractivity contribution is 0.434. The molecule has 2 aromatic heterocycles. The molecule has 0 atom stereocenters. The molecule has 0 spiro atoms. The molecule has 3 N–H and O–H groups in total. The second-order valence-corrected chi connectivity index (χ2v) is 11.2. The average molecular weight is 456 g/mol. The van der Waals surface area contributed by atoms with Crippen LogP contribution in [0.2, 0.25) is 0 Å². The lowest BCUT2D eigenvalue weighted by atomic mass is 9.85. The third-order valence-corrected chi connectivity index (χ3v) is 6.95. The summed E-state index contributed by atoms with van der Waals surface area (Å²) in [6.45, 7) is 7.78. The summed E-state index contributed by atoms with van der Waals surface area (Å²) >= 11 is 0. The molecule has 1 aromatic carbocycles. The van der Waals surface area contributed by atoms with Crippen molar-refractivity contribution in [3.05, 3.63) is 52.6 Å². The number of primary sulfonamides is 1. The molecule has 170 valence electrons. The number of nitrogens with one attached hydrogen (secondary N) is 1. The van der Waals surface area contributed by atoms with Gasteiger partial charge in [0.1, 0.15) is 5.82 Å². The Bertz CT molecular complexity index is 1300. The Kier molecular flexibility index (Phi) is 5.81. The van der Waals surface area contributed by atoms with E-state index >= 15 is 0 Å². The van der Waals surface area contributed by atoms with Gasteiger partial charge >= 0.3 is 0 Å². The minimum Gasteiger partial charge on any atom is -0.355 e. The van der Waals surface area contributed by atoms with Crippen molar-refractivity contribution in [3.63, 3.8) is 0 Å². The van der Waals surface area contributed by atoms with Crippen molar-refractivity contribution in [1.82, 2.24) is 15.0 Å². The van der Waals surface area contributed by atoms with Crippen LogP contribution in [0, 0.1) is 5.92 Å². The molecule has 0 amide bonds. The van der Waals surface area contributed by atoms with E-state index in [9.17, 15) is 13.2 Å². The van der Waals surface area contributed by atoms with Crippen molar-refractivity contribution in [1.29, 1.82) is 0 Å². The van der Waals surface area contributed by atoms with Gasteiger partial charge in [-0.2, -0.15) is 0 Å². The lowest BCUT2D eigenvalue weighted by Crippen LogP contribution is -2.37. The summed E-state index contributed by atoms with van der Waals surface area (Å²) in [6.07, 6.45) is 4.83. The number of rotatable bonds is 4. The quantitative estimate of drug-likeness (QED) is 0.624. The molecule has 0 aliphatic carbocycles. The van der Waals surface area contributed by atoms with Crippen molar-refractivity contribution in [3.8, 4) is 11.1 Å². The summed E-state index contributed by atoms with van der Waals surface area (Å²) in [7, 11) is -3.46. The van der Waals surface area contributed by atoms with Crippen LogP contribution in [0.4, 0.5) is 5.82 Å². The molecule has 0 saturated carbocycles. The van der Waals surface area contributed by atoms with Crippen LogP contribution in [0.1, 0.15) is 39.2 Å². The normalized spacial score (nSPS) is 15.9. The van der Waals surface area contributed by atoms with Gasteiger partial charge in [-0.25, -0.2) is 18.5 Å². The molecule has 1 aliphatic heterocycles. The Hall–Kier alpha value is -2.78. The molecule has 32 heavy (non-hydrogen) atoms. The van der Waals surface area contributed by atoms with Crippen LogP contribution in [0.5, 0.6) is 0 Å². The van der Waals surface area contributed by atoms with E-state index in [-0.39, 0.29) is 22.6 Å². The fraction of sp³-hybridized carbons (Fsp3) is 0.435. The van der Waals surface area contributed by atoms with Gasteiger partial charge in [-0.1, -0.05) is 20.8 Å². The van der Waals surface area contributed by atoms with E-state index in [4.69, 9.17) is 15.1 Å². The number of benzene rings is 1. The van der Waals surface area contributed by atoms with E-state index in [0.29, 0.717) is 24.2 Å². The van der Waals surface area contributed by atoms with Crippen LogP contribution >= 0.6 is 0 Å². The first-order chi connectivity index (χ1) is 15.0. The Morgan fingerprint density at radius 1 is 1.19 bits per heavy atom. The Balaban J connectivity index is 1.73. The predicted molar refractivity (Wildman–Crippen MR) is 127 cm³/mol. The van der Waals surface area contributed by atoms with Crippen LogP contribution < -0.4 is 15.6 Å². The number of nitrogens with two attached hydrogens (primary N) is 1. The highest BCUT2D eigenvalue weighted by Gasteiger charge is 2.25. The van der Waals surface area contributed by atoms with Crippen molar-refractivity contribution in [2.45, 2.75) is 39.0 Å². The molecule has 8 nitrogen and oxygen atoms in total. The smallest absolute Gasteiger partial charge is 0.255 e. The number of aromatic amines is 1. The summed E-state index contributed by atoms with van der Waals surface area (Å²) < 4.78 is 22.8. The van der Waals surface area contributed by atoms with Crippen LogP contribution in [-0.2, 0) is 15.4 Å². The van der Waals surface area contributed by atoms with Crippen molar-refractivity contribution >= 4 is 26.9 Å². The number of hydrogen-bond acceptors (Lipinski definition) is 6. The molecular weight excluding hydrogens is 426 g/mol. The van der Waals surface area contributed by atoms with Crippen LogP contribution in [0.3, 0.4) is 0 Å². The van der Waals surface area contributed by atoms with Gasteiger partial charge in [0.15, 0.2) is 0 Å². The summed E-state index contributed by atoms with van der Waals surface area (Å²) in [4.78, 5) is 27.0. The number of H-pyrrole nitrogens is 1. The maximum atomic E-state index is 12.5. The first-order valence-corrected chi connectivity index (χ1v) is 12.5. The van der Waals surface area contributed by atoms with Gasteiger partial charge < -0.3 is 9.88 Å². The molecule has 3 aromatic rings.